The summed E-state index contributed by atoms with van der Waals surface area (Å²) in [6, 6.07) is 11.8. The van der Waals surface area contributed by atoms with Gasteiger partial charge < -0.3 is 4.98 Å². The van der Waals surface area contributed by atoms with Crippen molar-refractivity contribution in [2.24, 2.45) is 0 Å². The van der Waals surface area contributed by atoms with Crippen LogP contribution < -0.4 is 0 Å². The van der Waals surface area contributed by atoms with Gasteiger partial charge in [-0.05, 0) is 5.52 Å². The van der Waals surface area contributed by atoms with Gasteiger partial charge in [0.1, 0.15) is 0 Å². The molecule has 0 saturated carbocycles. The number of pyridine rings is 1. The third kappa shape index (κ3) is 1.68. The van der Waals surface area contributed by atoms with Gasteiger partial charge in [0.15, 0.2) is 0 Å². The number of nitrogens with zero attached hydrogens (tertiary/aromatic N) is 1. The fraction of sp³-hybridized carbons (Fsp3) is 0. The van der Waals surface area contributed by atoms with Gasteiger partial charge in [0, 0.05) is 21.7 Å². The molecule has 1 heterocycles. The van der Waals surface area contributed by atoms with Crippen molar-refractivity contribution in [3.63, 3.8) is 0 Å². The second-order valence-corrected chi connectivity index (χ2v) is 2.13. The van der Waals surface area contributed by atoms with Crippen LogP contribution in [0.3, 0.4) is 0 Å². The second-order valence-electron chi connectivity index (χ2n) is 2.13. The molecular formula is C9H6NTi-. The van der Waals surface area contributed by atoms with Crippen LogP contribution in [0.1, 0.15) is 0 Å². The average Bonchev–Trinajstić information content (AvgIpc) is 2.05. The van der Waals surface area contributed by atoms with Gasteiger partial charge in [-0.1, -0.05) is 30.5 Å². The molecule has 0 amide bonds. The van der Waals surface area contributed by atoms with Crippen molar-refractivity contribution in [3.8, 4) is 0 Å². The third-order valence-corrected chi connectivity index (χ3v) is 1.46. The van der Waals surface area contributed by atoms with Crippen molar-refractivity contribution in [2.45, 2.75) is 0 Å². The fourth-order valence-corrected chi connectivity index (χ4v) is 0.964. The smallest absolute Gasteiger partial charge is 0 e. The second kappa shape index (κ2) is 3.65. The van der Waals surface area contributed by atoms with Gasteiger partial charge in [-0.3, -0.25) is 0 Å². The molecule has 1 aromatic carbocycles. The summed E-state index contributed by atoms with van der Waals surface area (Å²) >= 11 is 0. The Labute approximate surface area is 80.3 Å². The molecular weight excluding hydrogens is 170 g/mol. The number of hydrogen-bond acceptors (Lipinski definition) is 1. The summed E-state index contributed by atoms with van der Waals surface area (Å²) in [5.41, 5.74) is 1.00. The Morgan fingerprint density at radius 3 is 2.73 bits per heavy atom. The Morgan fingerprint density at radius 1 is 1.09 bits per heavy atom. The summed E-state index contributed by atoms with van der Waals surface area (Å²) in [6.45, 7) is 0. The molecule has 0 atom stereocenters. The first-order valence-corrected chi connectivity index (χ1v) is 3.19. The molecule has 0 bridgehead atoms. The topological polar surface area (TPSA) is 12.9 Å². The Morgan fingerprint density at radius 2 is 1.91 bits per heavy atom. The number of fused-ring (bicyclic) bond motifs is 1. The molecule has 2 heteroatoms. The molecule has 0 fully saturated rings. The Balaban J connectivity index is 0.000000605. The van der Waals surface area contributed by atoms with Crippen molar-refractivity contribution in [1.82, 2.24) is 4.98 Å². The summed E-state index contributed by atoms with van der Waals surface area (Å²) in [5.74, 6) is 0. The van der Waals surface area contributed by atoms with Crippen molar-refractivity contribution >= 4 is 10.9 Å². The predicted octanol–water partition coefficient (Wildman–Crippen LogP) is 2.03. The van der Waals surface area contributed by atoms with Gasteiger partial charge in [0.05, 0.1) is 0 Å². The van der Waals surface area contributed by atoms with Gasteiger partial charge >= 0.3 is 0 Å². The molecule has 0 radical (unpaired) electrons. The van der Waals surface area contributed by atoms with Crippen molar-refractivity contribution in [3.05, 3.63) is 42.6 Å². The van der Waals surface area contributed by atoms with Crippen LogP contribution in [-0.4, -0.2) is 4.98 Å². The van der Waals surface area contributed by atoms with E-state index in [-0.39, 0.29) is 21.7 Å². The van der Waals surface area contributed by atoms with Gasteiger partial charge in [-0.25, -0.2) is 0 Å². The molecule has 1 nitrogen and oxygen atoms in total. The Hall–Kier alpha value is -0.656. The zero-order valence-electron chi connectivity index (χ0n) is 5.91. The normalized spacial score (nSPS) is 9.09. The number of aromatic nitrogens is 1. The summed E-state index contributed by atoms with van der Waals surface area (Å²) in [7, 11) is 0. The molecule has 0 aliphatic carbocycles. The van der Waals surface area contributed by atoms with E-state index >= 15 is 0 Å². The summed E-state index contributed by atoms with van der Waals surface area (Å²) in [5, 5.41) is 1.17. The molecule has 0 spiro atoms. The van der Waals surface area contributed by atoms with E-state index < -0.39 is 0 Å². The molecule has 52 valence electrons. The average molecular weight is 176 g/mol. The minimum Gasteiger partial charge on any atom is -0.386 e. The van der Waals surface area contributed by atoms with E-state index in [1.807, 2.05) is 36.4 Å². The summed E-state index contributed by atoms with van der Waals surface area (Å²) in [4.78, 5) is 4.06. The minimum absolute atomic E-state index is 0. The van der Waals surface area contributed by atoms with Gasteiger partial charge in [0.25, 0.3) is 0 Å². The molecule has 0 aliphatic heterocycles. The Kier molecular flexibility index (Phi) is 2.80. The van der Waals surface area contributed by atoms with Crippen LogP contribution in [0.4, 0.5) is 0 Å². The number of rotatable bonds is 0. The van der Waals surface area contributed by atoms with E-state index in [4.69, 9.17) is 0 Å². The van der Waals surface area contributed by atoms with Crippen molar-refractivity contribution < 1.29 is 21.7 Å². The minimum atomic E-state index is 0. The van der Waals surface area contributed by atoms with E-state index in [1.165, 1.54) is 5.39 Å². The quantitative estimate of drug-likeness (QED) is 0.442. The number of para-hydroxylation sites is 1. The first-order valence-electron chi connectivity index (χ1n) is 3.19. The van der Waals surface area contributed by atoms with Gasteiger partial charge in [-0.2, -0.15) is 12.1 Å². The standard InChI is InChI=1S/C9H6N.Ti/c1-2-6-9-8(4-1)5-3-7-10-9;/h1-6H;/q-1;. The Bertz CT molecular complexity index is 281. The van der Waals surface area contributed by atoms with Gasteiger partial charge in [-0.15, -0.1) is 5.39 Å². The maximum absolute atomic E-state index is 4.06. The van der Waals surface area contributed by atoms with E-state index in [0.717, 1.165) is 5.52 Å². The first-order chi connectivity index (χ1) is 4.97. The summed E-state index contributed by atoms with van der Waals surface area (Å²) in [6.07, 6.45) is 2.79. The molecule has 1 aromatic heterocycles. The first kappa shape index (κ1) is 8.44. The van der Waals surface area contributed by atoms with Crippen LogP contribution in [0.25, 0.3) is 10.9 Å². The third-order valence-electron chi connectivity index (χ3n) is 1.46. The van der Waals surface area contributed by atoms with E-state index in [2.05, 4.69) is 11.2 Å². The van der Waals surface area contributed by atoms with Crippen LogP contribution in [0.5, 0.6) is 0 Å². The van der Waals surface area contributed by atoms with Crippen LogP contribution in [0.2, 0.25) is 0 Å². The molecule has 2 rings (SSSR count). The van der Waals surface area contributed by atoms with Crippen LogP contribution >= 0.6 is 0 Å². The van der Waals surface area contributed by atoms with E-state index in [9.17, 15) is 0 Å². The van der Waals surface area contributed by atoms with E-state index in [0.29, 0.717) is 0 Å². The van der Waals surface area contributed by atoms with Crippen LogP contribution in [0.15, 0.2) is 36.4 Å². The zero-order valence-corrected chi connectivity index (χ0v) is 7.47. The monoisotopic (exact) mass is 176 g/mol. The molecule has 11 heavy (non-hydrogen) atoms. The zero-order chi connectivity index (χ0) is 6.81. The maximum atomic E-state index is 4.06. The largest absolute Gasteiger partial charge is 0.386 e. The van der Waals surface area contributed by atoms with Crippen molar-refractivity contribution in [2.75, 3.05) is 0 Å². The van der Waals surface area contributed by atoms with Gasteiger partial charge in [0.2, 0.25) is 0 Å². The number of benzene rings is 1. The predicted molar refractivity (Wildman–Crippen MR) is 40.6 cm³/mol. The molecule has 2 aromatic rings. The molecule has 0 aliphatic rings. The molecule has 0 N–H and O–H groups in total. The fourth-order valence-electron chi connectivity index (χ4n) is 0.964. The molecule has 0 unspecified atom stereocenters. The van der Waals surface area contributed by atoms with E-state index in [1.54, 1.807) is 0 Å². The molecule has 0 saturated heterocycles. The number of hydrogen-bond donors (Lipinski definition) is 0. The summed E-state index contributed by atoms with van der Waals surface area (Å²) < 4.78 is 0. The van der Waals surface area contributed by atoms with Crippen LogP contribution in [0, 0.1) is 6.20 Å². The SMILES string of the molecule is [Ti].[c-]1ccc2ccccc2n1. The van der Waals surface area contributed by atoms with Crippen LogP contribution in [-0.2, 0) is 21.7 Å². The van der Waals surface area contributed by atoms with Crippen molar-refractivity contribution in [1.29, 1.82) is 0 Å². The maximum Gasteiger partial charge on any atom is 0 e.